The molecular weight excluding hydrogens is 298 g/mol. The molecule has 0 heterocycles. The van der Waals surface area contributed by atoms with Crippen molar-refractivity contribution in [3.63, 3.8) is 0 Å². The van der Waals surface area contributed by atoms with E-state index in [2.05, 4.69) is 35.1 Å². The van der Waals surface area contributed by atoms with Crippen LogP contribution in [0.3, 0.4) is 0 Å². The minimum atomic E-state index is 0. The molecule has 0 fully saturated rings. The van der Waals surface area contributed by atoms with Gasteiger partial charge < -0.3 is 5.32 Å². The Hall–Kier alpha value is 0.730. The SMILES string of the molecule is CCCCCCCCCCCCNC(C)Br.Cl. The molecule has 0 amide bonds. The number of nitrogens with one attached hydrogen (secondary N) is 1. The molecule has 0 aliphatic carbocycles. The summed E-state index contributed by atoms with van der Waals surface area (Å²) in [6.45, 7) is 5.57. The Morgan fingerprint density at radius 1 is 0.824 bits per heavy atom. The van der Waals surface area contributed by atoms with Crippen molar-refractivity contribution in [3.8, 4) is 0 Å². The maximum absolute atomic E-state index is 3.49. The van der Waals surface area contributed by atoms with Crippen LogP contribution in [0.2, 0.25) is 0 Å². The largest absolute Gasteiger partial charge is 0.305 e. The minimum absolute atomic E-state index is 0. The van der Waals surface area contributed by atoms with Crippen LogP contribution in [0.4, 0.5) is 0 Å². The molecule has 0 radical (unpaired) electrons. The van der Waals surface area contributed by atoms with Crippen LogP contribution >= 0.6 is 28.3 Å². The molecule has 1 atom stereocenters. The van der Waals surface area contributed by atoms with Crippen molar-refractivity contribution in [3.05, 3.63) is 0 Å². The van der Waals surface area contributed by atoms with Crippen LogP contribution < -0.4 is 5.32 Å². The lowest BCUT2D eigenvalue weighted by atomic mass is 10.1. The third-order valence-electron chi connectivity index (χ3n) is 2.96. The van der Waals surface area contributed by atoms with Crippen LogP contribution in [0.15, 0.2) is 0 Å². The summed E-state index contributed by atoms with van der Waals surface area (Å²) in [5.41, 5.74) is 0. The fourth-order valence-electron chi connectivity index (χ4n) is 1.91. The molecule has 17 heavy (non-hydrogen) atoms. The Morgan fingerprint density at radius 3 is 1.65 bits per heavy atom. The average molecular weight is 329 g/mol. The maximum atomic E-state index is 3.49. The summed E-state index contributed by atoms with van der Waals surface area (Å²) in [6.07, 6.45) is 14.2. The van der Waals surface area contributed by atoms with Gasteiger partial charge in [0, 0.05) is 0 Å². The lowest BCUT2D eigenvalue weighted by Crippen LogP contribution is -2.20. The number of alkyl halides is 1. The third-order valence-corrected chi connectivity index (χ3v) is 3.28. The first-order valence-corrected chi connectivity index (χ1v) is 8.06. The number of hydrogen-bond acceptors (Lipinski definition) is 1. The summed E-state index contributed by atoms with van der Waals surface area (Å²) in [7, 11) is 0. The van der Waals surface area contributed by atoms with Gasteiger partial charge in [0.1, 0.15) is 0 Å². The molecule has 1 N–H and O–H groups in total. The highest BCUT2D eigenvalue weighted by Crippen LogP contribution is 2.10. The van der Waals surface area contributed by atoms with Crippen molar-refractivity contribution in [2.45, 2.75) is 83.0 Å². The molecule has 0 aliphatic heterocycles. The van der Waals surface area contributed by atoms with E-state index in [0.29, 0.717) is 4.95 Å². The minimum Gasteiger partial charge on any atom is -0.305 e. The number of rotatable bonds is 12. The van der Waals surface area contributed by atoms with E-state index in [1.807, 2.05) is 0 Å². The van der Waals surface area contributed by atoms with Gasteiger partial charge in [-0.25, -0.2) is 0 Å². The highest BCUT2D eigenvalue weighted by molar-refractivity contribution is 9.09. The zero-order chi connectivity index (χ0) is 12.1. The second-order valence-corrected chi connectivity index (χ2v) is 6.13. The second kappa shape index (κ2) is 16.7. The number of halogens is 2. The molecule has 0 aliphatic rings. The summed E-state index contributed by atoms with van der Waals surface area (Å²) in [4.78, 5) is 0.464. The first-order chi connectivity index (χ1) is 7.77. The van der Waals surface area contributed by atoms with Crippen LogP contribution in [-0.2, 0) is 0 Å². The number of hydrogen-bond donors (Lipinski definition) is 1. The van der Waals surface area contributed by atoms with E-state index in [-0.39, 0.29) is 12.4 Å². The Morgan fingerprint density at radius 2 is 1.24 bits per heavy atom. The van der Waals surface area contributed by atoms with Crippen LogP contribution in [-0.4, -0.2) is 11.5 Å². The van der Waals surface area contributed by atoms with Crippen molar-refractivity contribution in [2.24, 2.45) is 0 Å². The van der Waals surface area contributed by atoms with Crippen molar-refractivity contribution in [1.82, 2.24) is 5.32 Å². The Labute approximate surface area is 123 Å². The van der Waals surface area contributed by atoms with Gasteiger partial charge in [-0.2, -0.15) is 0 Å². The molecule has 0 aromatic heterocycles. The summed E-state index contributed by atoms with van der Waals surface area (Å²) < 4.78 is 0. The topological polar surface area (TPSA) is 12.0 Å². The molecule has 0 rings (SSSR count). The van der Waals surface area contributed by atoms with E-state index < -0.39 is 0 Å². The molecular formula is C14H31BrClN. The average Bonchev–Trinajstić information content (AvgIpc) is 2.25. The molecule has 3 heteroatoms. The van der Waals surface area contributed by atoms with Gasteiger partial charge in [0.2, 0.25) is 0 Å². The van der Waals surface area contributed by atoms with Crippen molar-refractivity contribution in [1.29, 1.82) is 0 Å². The van der Waals surface area contributed by atoms with E-state index >= 15 is 0 Å². The molecule has 0 bridgehead atoms. The lowest BCUT2D eigenvalue weighted by molar-refractivity contribution is 0.544. The second-order valence-electron chi connectivity index (χ2n) is 4.75. The quantitative estimate of drug-likeness (QED) is 0.277. The van der Waals surface area contributed by atoms with E-state index in [0.717, 1.165) is 6.54 Å². The lowest BCUT2D eigenvalue weighted by Gasteiger charge is -2.06. The predicted octanol–water partition coefficient (Wildman–Crippen LogP) is 5.66. The summed E-state index contributed by atoms with van der Waals surface area (Å²) in [6, 6.07) is 0. The van der Waals surface area contributed by atoms with E-state index in [4.69, 9.17) is 0 Å². The molecule has 0 spiro atoms. The fourth-order valence-corrected chi connectivity index (χ4v) is 2.14. The highest BCUT2D eigenvalue weighted by Gasteiger charge is 1.94. The Bertz CT molecular complexity index is 131. The van der Waals surface area contributed by atoms with Crippen molar-refractivity contribution in [2.75, 3.05) is 6.54 Å². The van der Waals surface area contributed by atoms with Crippen molar-refractivity contribution < 1.29 is 0 Å². The van der Waals surface area contributed by atoms with Gasteiger partial charge in [-0.05, 0) is 19.9 Å². The third kappa shape index (κ3) is 19.3. The molecule has 0 saturated carbocycles. The van der Waals surface area contributed by atoms with Gasteiger partial charge >= 0.3 is 0 Å². The molecule has 1 unspecified atom stereocenters. The zero-order valence-electron chi connectivity index (χ0n) is 11.6. The number of unbranched alkanes of at least 4 members (excludes halogenated alkanes) is 9. The van der Waals surface area contributed by atoms with Crippen LogP contribution in [0.25, 0.3) is 0 Å². The van der Waals surface area contributed by atoms with Gasteiger partial charge in [0.15, 0.2) is 0 Å². The van der Waals surface area contributed by atoms with Gasteiger partial charge in [-0.3, -0.25) is 0 Å². The summed E-state index contributed by atoms with van der Waals surface area (Å²) in [5, 5.41) is 3.39. The van der Waals surface area contributed by atoms with Gasteiger partial charge in [0.25, 0.3) is 0 Å². The van der Waals surface area contributed by atoms with E-state index in [9.17, 15) is 0 Å². The van der Waals surface area contributed by atoms with E-state index in [1.54, 1.807) is 0 Å². The Kier molecular flexibility index (Phi) is 19.7. The molecule has 1 nitrogen and oxygen atoms in total. The highest BCUT2D eigenvalue weighted by atomic mass is 79.9. The normalized spacial score (nSPS) is 12.2. The molecule has 0 aromatic rings. The standard InChI is InChI=1S/C14H30BrN.ClH/c1-3-4-5-6-7-8-9-10-11-12-13-16-14(2)15;/h14,16H,3-13H2,1-2H3;1H. The first kappa shape index (κ1) is 20.1. The van der Waals surface area contributed by atoms with E-state index in [1.165, 1.54) is 64.2 Å². The predicted molar refractivity (Wildman–Crippen MR) is 85.5 cm³/mol. The monoisotopic (exact) mass is 327 g/mol. The Balaban J connectivity index is 0. The summed E-state index contributed by atoms with van der Waals surface area (Å²) in [5.74, 6) is 0. The zero-order valence-corrected chi connectivity index (χ0v) is 14.0. The fraction of sp³-hybridized carbons (Fsp3) is 1.00. The van der Waals surface area contributed by atoms with Gasteiger partial charge in [-0.1, -0.05) is 80.6 Å². The summed E-state index contributed by atoms with van der Waals surface area (Å²) >= 11 is 3.49. The maximum Gasteiger partial charge on any atom is 0.0602 e. The van der Waals surface area contributed by atoms with Crippen molar-refractivity contribution >= 4 is 28.3 Å². The first-order valence-electron chi connectivity index (χ1n) is 7.14. The smallest absolute Gasteiger partial charge is 0.0602 e. The molecule has 106 valence electrons. The van der Waals surface area contributed by atoms with Crippen LogP contribution in [0, 0.1) is 0 Å². The van der Waals surface area contributed by atoms with Gasteiger partial charge in [0.05, 0.1) is 4.95 Å². The van der Waals surface area contributed by atoms with Gasteiger partial charge in [-0.15, -0.1) is 12.4 Å². The van der Waals surface area contributed by atoms with Crippen LogP contribution in [0.5, 0.6) is 0 Å². The van der Waals surface area contributed by atoms with Crippen LogP contribution in [0.1, 0.15) is 78.1 Å². The molecule has 0 aromatic carbocycles. The molecule has 0 saturated heterocycles.